The Hall–Kier alpha value is -1.29. The van der Waals surface area contributed by atoms with Crippen molar-refractivity contribution in [1.29, 1.82) is 0 Å². The van der Waals surface area contributed by atoms with Gasteiger partial charge in [0, 0.05) is 6.04 Å². The Morgan fingerprint density at radius 1 is 1.59 bits per heavy atom. The van der Waals surface area contributed by atoms with E-state index in [1.54, 1.807) is 0 Å². The lowest BCUT2D eigenvalue weighted by Gasteiger charge is -2.27. The van der Waals surface area contributed by atoms with E-state index >= 15 is 0 Å². The average molecular weight is 237 g/mol. The van der Waals surface area contributed by atoms with Gasteiger partial charge in [-0.3, -0.25) is 0 Å². The Morgan fingerprint density at radius 3 is 3.12 bits per heavy atom. The summed E-state index contributed by atoms with van der Waals surface area (Å²) in [6.45, 7) is 2.77. The second-order valence-corrected chi connectivity index (χ2v) is 4.91. The van der Waals surface area contributed by atoms with E-state index in [4.69, 9.17) is 9.52 Å². The van der Waals surface area contributed by atoms with Gasteiger partial charge in [-0.05, 0) is 24.8 Å². The molecule has 4 heteroatoms. The maximum Gasteiger partial charge on any atom is 0.339 e. The van der Waals surface area contributed by atoms with Crippen LogP contribution in [0.1, 0.15) is 48.7 Å². The Balaban J connectivity index is 1.89. The fourth-order valence-corrected chi connectivity index (χ4v) is 2.52. The zero-order valence-corrected chi connectivity index (χ0v) is 10.1. The molecule has 2 unspecified atom stereocenters. The molecule has 94 valence electrons. The molecule has 1 aliphatic rings. The van der Waals surface area contributed by atoms with Gasteiger partial charge in [0.1, 0.15) is 11.3 Å². The van der Waals surface area contributed by atoms with E-state index in [9.17, 15) is 4.79 Å². The van der Waals surface area contributed by atoms with Gasteiger partial charge < -0.3 is 14.8 Å². The van der Waals surface area contributed by atoms with Crippen LogP contribution in [0.3, 0.4) is 0 Å². The summed E-state index contributed by atoms with van der Waals surface area (Å²) in [4.78, 5) is 10.9. The van der Waals surface area contributed by atoms with Crippen molar-refractivity contribution in [2.24, 2.45) is 5.92 Å². The largest absolute Gasteiger partial charge is 0.478 e. The third kappa shape index (κ3) is 3.09. The molecular weight excluding hydrogens is 218 g/mol. The molecule has 0 saturated heterocycles. The topological polar surface area (TPSA) is 62.5 Å². The maximum absolute atomic E-state index is 10.9. The van der Waals surface area contributed by atoms with Crippen molar-refractivity contribution >= 4 is 5.97 Å². The number of nitrogens with one attached hydrogen (secondary N) is 1. The van der Waals surface area contributed by atoms with Gasteiger partial charge in [0.15, 0.2) is 0 Å². The predicted molar refractivity (Wildman–Crippen MR) is 63.9 cm³/mol. The molecule has 0 amide bonds. The SMILES string of the molecule is CC1CCCC(NCc2occc2C(=O)O)C1. The van der Waals surface area contributed by atoms with Crippen LogP contribution >= 0.6 is 0 Å². The Kier molecular flexibility index (Phi) is 3.84. The first-order valence-electron chi connectivity index (χ1n) is 6.20. The van der Waals surface area contributed by atoms with Gasteiger partial charge in [-0.2, -0.15) is 0 Å². The molecule has 4 nitrogen and oxygen atoms in total. The summed E-state index contributed by atoms with van der Waals surface area (Å²) in [7, 11) is 0. The van der Waals surface area contributed by atoms with E-state index in [0.717, 1.165) is 5.92 Å². The van der Waals surface area contributed by atoms with Gasteiger partial charge in [-0.25, -0.2) is 4.79 Å². The Labute approximate surface area is 101 Å². The van der Waals surface area contributed by atoms with E-state index in [1.807, 2.05) is 0 Å². The number of aromatic carboxylic acids is 1. The van der Waals surface area contributed by atoms with Crippen LogP contribution in [0.25, 0.3) is 0 Å². The minimum atomic E-state index is -0.924. The quantitative estimate of drug-likeness (QED) is 0.845. The molecule has 0 aromatic carbocycles. The number of carboxylic acid groups (broad SMARTS) is 1. The van der Waals surface area contributed by atoms with Crippen molar-refractivity contribution in [2.45, 2.75) is 45.2 Å². The first-order chi connectivity index (χ1) is 8.16. The van der Waals surface area contributed by atoms with E-state index in [0.29, 0.717) is 18.3 Å². The molecule has 1 saturated carbocycles. The summed E-state index contributed by atoms with van der Waals surface area (Å²) in [6.07, 6.45) is 6.34. The van der Waals surface area contributed by atoms with E-state index in [1.165, 1.54) is 38.0 Å². The van der Waals surface area contributed by atoms with Crippen molar-refractivity contribution < 1.29 is 14.3 Å². The summed E-state index contributed by atoms with van der Waals surface area (Å²) < 4.78 is 5.20. The second-order valence-electron chi connectivity index (χ2n) is 4.91. The molecule has 0 bridgehead atoms. The molecule has 2 N–H and O–H groups in total. The Bertz CT molecular complexity index is 386. The van der Waals surface area contributed by atoms with Gasteiger partial charge in [0.05, 0.1) is 12.8 Å². The molecule has 1 heterocycles. The highest BCUT2D eigenvalue weighted by Crippen LogP contribution is 2.24. The monoisotopic (exact) mass is 237 g/mol. The zero-order chi connectivity index (χ0) is 12.3. The molecule has 1 aromatic rings. The van der Waals surface area contributed by atoms with Crippen LogP contribution in [0, 0.1) is 5.92 Å². The minimum Gasteiger partial charge on any atom is -0.478 e. The van der Waals surface area contributed by atoms with Crippen LogP contribution < -0.4 is 5.32 Å². The fraction of sp³-hybridized carbons (Fsp3) is 0.615. The van der Waals surface area contributed by atoms with Crippen LogP contribution in [-0.4, -0.2) is 17.1 Å². The molecule has 0 radical (unpaired) electrons. The van der Waals surface area contributed by atoms with Crippen LogP contribution in [0.4, 0.5) is 0 Å². The van der Waals surface area contributed by atoms with E-state index in [2.05, 4.69) is 12.2 Å². The predicted octanol–water partition coefficient (Wildman–Crippen LogP) is 2.65. The average Bonchev–Trinajstić information content (AvgIpc) is 2.74. The van der Waals surface area contributed by atoms with Gasteiger partial charge in [0.25, 0.3) is 0 Å². The van der Waals surface area contributed by atoms with E-state index in [-0.39, 0.29) is 5.56 Å². The highest BCUT2D eigenvalue weighted by Gasteiger charge is 2.20. The number of carbonyl (C=O) groups is 1. The third-order valence-electron chi connectivity index (χ3n) is 3.46. The van der Waals surface area contributed by atoms with Crippen LogP contribution in [0.2, 0.25) is 0 Å². The molecule has 1 aromatic heterocycles. The standard InChI is InChI=1S/C13H19NO3/c1-9-3-2-4-10(7-9)14-8-12-11(13(15)16)5-6-17-12/h5-6,9-10,14H,2-4,7-8H2,1H3,(H,15,16). The van der Waals surface area contributed by atoms with Crippen molar-refractivity contribution in [1.82, 2.24) is 5.32 Å². The third-order valence-corrected chi connectivity index (χ3v) is 3.46. The first-order valence-corrected chi connectivity index (χ1v) is 6.20. The lowest BCUT2D eigenvalue weighted by atomic mass is 9.87. The highest BCUT2D eigenvalue weighted by atomic mass is 16.4. The number of carboxylic acids is 1. The number of rotatable bonds is 4. The molecule has 2 atom stereocenters. The van der Waals surface area contributed by atoms with Crippen LogP contribution in [-0.2, 0) is 6.54 Å². The minimum absolute atomic E-state index is 0.265. The van der Waals surface area contributed by atoms with Crippen molar-refractivity contribution in [3.05, 3.63) is 23.7 Å². The van der Waals surface area contributed by atoms with Gasteiger partial charge in [-0.15, -0.1) is 0 Å². The van der Waals surface area contributed by atoms with Gasteiger partial charge in [0.2, 0.25) is 0 Å². The molecular formula is C13H19NO3. The smallest absolute Gasteiger partial charge is 0.339 e. The van der Waals surface area contributed by atoms with Crippen molar-refractivity contribution in [3.8, 4) is 0 Å². The van der Waals surface area contributed by atoms with Crippen molar-refractivity contribution in [3.63, 3.8) is 0 Å². The Morgan fingerprint density at radius 2 is 2.41 bits per heavy atom. The first kappa shape index (κ1) is 12.2. The fourth-order valence-electron chi connectivity index (χ4n) is 2.52. The summed E-state index contributed by atoms with van der Waals surface area (Å²) in [5, 5.41) is 12.3. The highest BCUT2D eigenvalue weighted by molar-refractivity contribution is 5.88. The second kappa shape index (κ2) is 5.36. The molecule has 1 fully saturated rings. The summed E-state index contributed by atoms with van der Waals surface area (Å²) in [5.41, 5.74) is 0.265. The number of hydrogen-bond acceptors (Lipinski definition) is 3. The van der Waals surface area contributed by atoms with Crippen LogP contribution in [0.5, 0.6) is 0 Å². The molecule has 1 aliphatic carbocycles. The molecule has 0 spiro atoms. The number of furan rings is 1. The normalized spacial score (nSPS) is 24.8. The lowest BCUT2D eigenvalue weighted by molar-refractivity contribution is 0.0694. The summed E-state index contributed by atoms with van der Waals surface area (Å²) in [5.74, 6) is 0.361. The summed E-state index contributed by atoms with van der Waals surface area (Å²) >= 11 is 0. The van der Waals surface area contributed by atoms with Crippen molar-refractivity contribution in [2.75, 3.05) is 0 Å². The van der Waals surface area contributed by atoms with E-state index < -0.39 is 5.97 Å². The number of hydrogen-bond donors (Lipinski definition) is 2. The lowest BCUT2D eigenvalue weighted by Crippen LogP contribution is -2.33. The maximum atomic E-state index is 10.9. The van der Waals surface area contributed by atoms with Crippen LogP contribution in [0.15, 0.2) is 16.7 Å². The molecule has 0 aliphatic heterocycles. The summed E-state index contributed by atoms with van der Waals surface area (Å²) in [6, 6.07) is 1.99. The zero-order valence-electron chi connectivity index (χ0n) is 10.1. The molecule has 2 rings (SSSR count). The molecule has 17 heavy (non-hydrogen) atoms. The van der Waals surface area contributed by atoms with Gasteiger partial charge >= 0.3 is 5.97 Å². The van der Waals surface area contributed by atoms with Gasteiger partial charge in [-0.1, -0.05) is 19.8 Å².